The number of rotatable bonds is 2. The van der Waals surface area contributed by atoms with Crippen LogP contribution in [0.15, 0.2) is 45.1 Å². The highest BCUT2D eigenvalue weighted by Gasteiger charge is 2.68. The van der Waals surface area contributed by atoms with Crippen LogP contribution in [-0.2, 0) is 11.2 Å². The summed E-state index contributed by atoms with van der Waals surface area (Å²) in [4.78, 5) is 40.8. The number of phenolic OH excluding ortho intramolecular Hbond substituents is 4. The molecule has 3 aromatic rings. The molecule has 6 atom stereocenters. The van der Waals surface area contributed by atoms with Crippen LogP contribution in [0.25, 0.3) is 5.76 Å². The fourth-order valence-electron chi connectivity index (χ4n) is 8.22. The third kappa shape index (κ3) is 2.98. The molecule has 2 aromatic carbocycles. The molecular formula is C30H24O11. The van der Waals surface area contributed by atoms with E-state index < -0.39 is 87.6 Å². The van der Waals surface area contributed by atoms with Crippen molar-refractivity contribution in [1.29, 1.82) is 0 Å². The van der Waals surface area contributed by atoms with E-state index in [9.17, 15) is 50.1 Å². The minimum Gasteiger partial charge on any atom is -0.508 e. The zero-order chi connectivity index (χ0) is 29.3. The molecule has 11 nitrogen and oxygen atoms in total. The van der Waals surface area contributed by atoms with Gasteiger partial charge in [-0.15, -0.1) is 0 Å². The quantitative estimate of drug-likeness (QED) is 0.243. The zero-order valence-electron chi connectivity index (χ0n) is 21.5. The minimum absolute atomic E-state index is 0.0440. The van der Waals surface area contributed by atoms with Crippen LogP contribution in [0.1, 0.15) is 69.5 Å². The number of aliphatic hydroxyl groups excluding tert-OH is 2. The van der Waals surface area contributed by atoms with E-state index in [0.29, 0.717) is 0 Å². The summed E-state index contributed by atoms with van der Waals surface area (Å²) in [6.07, 6.45) is -1.89. The van der Waals surface area contributed by atoms with Gasteiger partial charge in [-0.05, 0) is 17.2 Å². The molecule has 4 aliphatic rings. The van der Waals surface area contributed by atoms with E-state index in [0.717, 1.165) is 24.3 Å². The number of hydrogen-bond donors (Lipinski definition) is 7. The van der Waals surface area contributed by atoms with Gasteiger partial charge in [-0.25, -0.2) is 4.79 Å². The number of ketones is 2. The Morgan fingerprint density at radius 2 is 1.54 bits per heavy atom. The molecule has 0 radical (unpaired) electrons. The molecule has 1 saturated carbocycles. The van der Waals surface area contributed by atoms with Gasteiger partial charge in [0, 0.05) is 65.3 Å². The summed E-state index contributed by atoms with van der Waals surface area (Å²) in [5, 5.41) is 76.6. The van der Waals surface area contributed by atoms with Gasteiger partial charge in [-0.1, -0.05) is 6.92 Å². The van der Waals surface area contributed by atoms with Gasteiger partial charge in [0.05, 0.1) is 29.2 Å². The lowest BCUT2D eigenvalue weighted by molar-refractivity contribution is -0.124. The van der Waals surface area contributed by atoms with Gasteiger partial charge in [0.25, 0.3) is 0 Å². The average Bonchev–Trinajstić information content (AvgIpc) is 2.84. The van der Waals surface area contributed by atoms with Gasteiger partial charge < -0.3 is 40.2 Å². The third-order valence-corrected chi connectivity index (χ3v) is 9.45. The first-order valence-corrected chi connectivity index (χ1v) is 13.0. The lowest BCUT2D eigenvalue weighted by atomic mass is 9.41. The number of carbonyl (C=O) groups excluding carboxylic acids is 2. The standard InChI is InChI=1S/C30H24O11/c1-9-20-16(34)7-17(35)22-23(20)24-14(27(9)38)6-18(36)26-28(39)21-13(3-11(32)4-15(21)33)25(29(22)40)30(24,26)8-12-2-10(31)5-19(37)41-12/h2-5,7,9,14,24-25,27,31-35,38-39H,6,8H2,1H3/t9-,14+,24-,25+,27+,30-/m1/s1. The molecule has 0 bridgehead atoms. The molecule has 1 heterocycles. The second kappa shape index (κ2) is 7.91. The number of allylic oxidation sites excluding steroid dienone is 1. The Morgan fingerprint density at radius 3 is 2.24 bits per heavy atom. The molecule has 7 N–H and O–H groups in total. The molecule has 1 aromatic heterocycles. The van der Waals surface area contributed by atoms with Gasteiger partial charge in [0.1, 0.15) is 40.3 Å². The Morgan fingerprint density at radius 1 is 0.854 bits per heavy atom. The molecule has 0 aliphatic heterocycles. The van der Waals surface area contributed by atoms with Crippen LogP contribution >= 0.6 is 0 Å². The van der Waals surface area contributed by atoms with Crippen LogP contribution in [-0.4, -0.2) is 53.4 Å². The van der Waals surface area contributed by atoms with Gasteiger partial charge in [-0.2, -0.15) is 0 Å². The van der Waals surface area contributed by atoms with Crippen LogP contribution < -0.4 is 5.63 Å². The van der Waals surface area contributed by atoms with Gasteiger partial charge in [0.15, 0.2) is 11.6 Å². The number of carbonyl (C=O) groups is 2. The highest BCUT2D eigenvalue weighted by molar-refractivity contribution is 6.14. The topological polar surface area (TPSA) is 206 Å². The Kier molecular flexibility index (Phi) is 4.87. The van der Waals surface area contributed by atoms with Crippen molar-refractivity contribution in [1.82, 2.24) is 0 Å². The highest BCUT2D eigenvalue weighted by atomic mass is 16.4. The first kappa shape index (κ1) is 25.2. The number of Topliss-reactive ketones (excluding diaryl/α,β-unsaturated/α-hetero) is 2. The normalized spacial score (nSPS) is 29.3. The molecular weight excluding hydrogens is 536 g/mol. The van der Waals surface area contributed by atoms with Crippen molar-refractivity contribution in [2.75, 3.05) is 0 Å². The largest absolute Gasteiger partial charge is 0.508 e. The first-order valence-electron chi connectivity index (χ1n) is 13.0. The van der Waals surface area contributed by atoms with Gasteiger partial charge in [-0.3, -0.25) is 9.59 Å². The molecule has 0 amide bonds. The van der Waals surface area contributed by atoms with Crippen LogP contribution in [0.2, 0.25) is 0 Å². The van der Waals surface area contributed by atoms with Crippen molar-refractivity contribution in [3.63, 3.8) is 0 Å². The van der Waals surface area contributed by atoms with E-state index in [2.05, 4.69) is 0 Å². The van der Waals surface area contributed by atoms with E-state index in [4.69, 9.17) is 4.42 Å². The second-order valence-electron chi connectivity index (χ2n) is 11.4. The Bertz CT molecular complexity index is 1830. The second-order valence-corrected chi connectivity index (χ2v) is 11.4. The summed E-state index contributed by atoms with van der Waals surface area (Å²) in [5.74, 6) is -8.57. The van der Waals surface area contributed by atoms with E-state index in [-0.39, 0.29) is 51.3 Å². The maximum atomic E-state index is 14.6. The summed E-state index contributed by atoms with van der Waals surface area (Å²) >= 11 is 0. The maximum absolute atomic E-state index is 14.6. The maximum Gasteiger partial charge on any atom is 0.339 e. The van der Waals surface area contributed by atoms with Crippen molar-refractivity contribution in [2.24, 2.45) is 11.3 Å². The van der Waals surface area contributed by atoms with Crippen LogP contribution in [0.3, 0.4) is 0 Å². The number of hydrogen-bond acceptors (Lipinski definition) is 11. The number of phenols is 4. The molecule has 210 valence electrons. The average molecular weight is 561 g/mol. The lowest BCUT2D eigenvalue weighted by Gasteiger charge is -2.60. The van der Waals surface area contributed by atoms with Gasteiger partial charge >= 0.3 is 5.63 Å². The van der Waals surface area contributed by atoms with Crippen molar-refractivity contribution in [2.45, 2.75) is 43.6 Å². The predicted octanol–water partition coefficient (Wildman–Crippen LogP) is 2.81. The fraction of sp³-hybridized carbons (Fsp3) is 0.300. The molecule has 1 fully saturated rings. The Labute approximate surface area is 230 Å². The smallest absolute Gasteiger partial charge is 0.339 e. The minimum atomic E-state index is -1.79. The van der Waals surface area contributed by atoms with Crippen LogP contribution in [0, 0.1) is 11.3 Å². The first-order chi connectivity index (χ1) is 19.4. The molecule has 41 heavy (non-hydrogen) atoms. The molecule has 0 spiro atoms. The fourth-order valence-corrected chi connectivity index (χ4v) is 8.22. The van der Waals surface area contributed by atoms with E-state index in [1.165, 1.54) is 6.07 Å². The van der Waals surface area contributed by atoms with Crippen molar-refractivity contribution in [3.8, 4) is 28.7 Å². The molecule has 7 rings (SSSR count). The summed E-state index contributed by atoms with van der Waals surface area (Å²) < 4.78 is 5.38. The van der Waals surface area contributed by atoms with Crippen molar-refractivity contribution >= 4 is 17.3 Å². The molecule has 4 aliphatic carbocycles. The third-order valence-electron chi connectivity index (χ3n) is 9.45. The van der Waals surface area contributed by atoms with Crippen molar-refractivity contribution < 1.29 is 49.8 Å². The van der Waals surface area contributed by atoms with E-state index >= 15 is 0 Å². The molecule has 11 heteroatoms. The zero-order valence-corrected chi connectivity index (χ0v) is 21.5. The number of benzene rings is 2. The summed E-state index contributed by atoms with van der Waals surface area (Å²) in [6.45, 7) is 1.63. The number of aliphatic hydroxyl groups is 2. The lowest BCUT2D eigenvalue weighted by Crippen LogP contribution is -2.59. The van der Waals surface area contributed by atoms with Gasteiger partial charge in [0.2, 0.25) is 0 Å². The molecule has 0 saturated heterocycles. The molecule has 0 unspecified atom stereocenters. The van der Waals surface area contributed by atoms with E-state index in [1.807, 2.05) is 0 Å². The van der Waals surface area contributed by atoms with Crippen LogP contribution in [0.5, 0.6) is 28.7 Å². The van der Waals surface area contributed by atoms with Crippen molar-refractivity contribution in [3.05, 3.63) is 79.9 Å². The van der Waals surface area contributed by atoms with Crippen LogP contribution in [0.4, 0.5) is 0 Å². The monoisotopic (exact) mass is 560 g/mol. The summed E-state index contributed by atoms with van der Waals surface area (Å²) in [7, 11) is 0. The SMILES string of the molecule is C[C@@H]1c2c(O)cc(O)c3c2[C@H]2[C@H](CC(=O)C4=C(O)c5c(O)cc(O)cc5[C@@H](C3=O)[C@]42Cc2cc(O)cc(=O)o2)[C@H]1O. The number of fused-ring (bicyclic) bond motifs is 2. The summed E-state index contributed by atoms with van der Waals surface area (Å²) in [5.41, 5.74) is -2.98. The Balaban J connectivity index is 1.69. The predicted molar refractivity (Wildman–Crippen MR) is 139 cm³/mol. The summed E-state index contributed by atoms with van der Waals surface area (Å²) in [6, 6.07) is 5.11. The Hall–Kier alpha value is -4.77. The van der Waals surface area contributed by atoms with E-state index in [1.54, 1.807) is 6.92 Å². The highest BCUT2D eigenvalue weighted by Crippen LogP contribution is 2.72. The number of aromatic hydroxyl groups is 5.